The number of nitrogens with zero attached hydrogens (tertiary/aromatic N) is 3. The third kappa shape index (κ3) is 4.02. The van der Waals surface area contributed by atoms with Gasteiger partial charge in [-0.15, -0.1) is 0 Å². The fourth-order valence-corrected chi connectivity index (χ4v) is 2.56. The summed E-state index contributed by atoms with van der Waals surface area (Å²) in [7, 11) is 1.77. The Balaban J connectivity index is 1.60. The highest BCUT2D eigenvalue weighted by molar-refractivity contribution is 5.94. The summed E-state index contributed by atoms with van der Waals surface area (Å²) in [6, 6.07) is 11.3. The van der Waals surface area contributed by atoms with E-state index in [9.17, 15) is 4.79 Å². The second-order valence-corrected chi connectivity index (χ2v) is 6.67. The van der Waals surface area contributed by atoms with Gasteiger partial charge in [0.15, 0.2) is 5.82 Å². The van der Waals surface area contributed by atoms with Crippen molar-refractivity contribution in [1.82, 2.24) is 15.0 Å². The van der Waals surface area contributed by atoms with Gasteiger partial charge in [0.2, 0.25) is 5.89 Å². The van der Waals surface area contributed by atoms with E-state index >= 15 is 0 Å². The summed E-state index contributed by atoms with van der Waals surface area (Å²) in [5.41, 5.74) is 1.58. The van der Waals surface area contributed by atoms with Crippen molar-refractivity contribution in [3.63, 3.8) is 0 Å². The van der Waals surface area contributed by atoms with Crippen LogP contribution in [0, 0.1) is 6.92 Å². The summed E-state index contributed by atoms with van der Waals surface area (Å²) < 4.78 is 10.8. The minimum atomic E-state index is -0.0419. The predicted molar refractivity (Wildman–Crippen MR) is 97.9 cm³/mol. The monoisotopic (exact) mass is 353 g/mol. The molecule has 0 aliphatic heterocycles. The Hall–Kier alpha value is -2.89. The molecule has 2 aromatic heterocycles. The molecule has 0 fully saturated rings. The van der Waals surface area contributed by atoms with Gasteiger partial charge in [-0.25, -0.2) is 0 Å². The molecule has 1 amide bonds. The minimum absolute atomic E-state index is 0.0419. The molecule has 0 aliphatic carbocycles. The van der Waals surface area contributed by atoms with Crippen LogP contribution in [0.4, 0.5) is 0 Å². The van der Waals surface area contributed by atoms with Crippen LogP contribution in [0.15, 0.2) is 45.3 Å². The van der Waals surface area contributed by atoms with Gasteiger partial charge in [-0.1, -0.05) is 31.1 Å². The van der Waals surface area contributed by atoms with Gasteiger partial charge in [-0.3, -0.25) is 4.79 Å². The van der Waals surface area contributed by atoms with E-state index in [1.165, 1.54) is 0 Å². The molecule has 6 nitrogen and oxygen atoms in total. The van der Waals surface area contributed by atoms with E-state index in [4.69, 9.17) is 8.94 Å². The topological polar surface area (TPSA) is 72.4 Å². The zero-order valence-electron chi connectivity index (χ0n) is 15.5. The number of carbonyl (C=O) groups is 1. The quantitative estimate of drug-likeness (QED) is 0.668. The van der Waals surface area contributed by atoms with Crippen LogP contribution in [0.25, 0.3) is 11.3 Å². The summed E-state index contributed by atoms with van der Waals surface area (Å²) in [5.74, 6) is 3.07. The molecule has 136 valence electrons. The van der Waals surface area contributed by atoms with Crippen molar-refractivity contribution in [2.24, 2.45) is 0 Å². The summed E-state index contributed by atoms with van der Waals surface area (Å²) in [5, 5.41) is 3.95. The number of hydrogen-bond acceptors (Lipinski definition) is 5. The van der Waals surface area contributed by atoms with Crippen LogP contribution in [0.3, 0.4) is 0 Å². The van der Waals surface area contributed by atoms with Gasteiger partial charge in [-0.05, 0) is 31.2 Å². The SMILES string of the molecule is Cc1ccc(-c2ccc(C(=O)N(C)CCc3noc(C(C)C)n3)cc2)o1. The smallest absolute Gasteiger partial charge is 0.253 e. The molecule has 0 radical (unpaired) electrons. The summed E-state index contributed by atoms with van der Waals surface area (Å²) in [4.78, 5) is 18.6. The van der Waals surface area contributed by atoms with Crippen molar-refractivity contribution in [2.75, 3.05) is 13.6 Å². The molecule has 0 saturated heterocycles. The van der Waals surface area contributed by atoms with Crippen molar-refractivity contribution >= 4 is 5.91 Å². The Labute approximate surface area is 152 Å². The summed E-state index contributed by atoms with van der Waals surface area (Å²) in [6.07, 6.45) is 0.558. The molecule has 1 aromatic carbocycles. The number of rotatable bonds is 6. The molecule has 3 rings (SSSR count). The molecule has 0 aliphatic rings. The van der Waals surface area contributed by atoms with E-state index in [0.717, 1.165) is 17.1 Å². The first-order chi connectivity index (χ1) is 12.4. The lowest BCUT2D eigenvalue weighted by atomic mass is 10.1. The van der Waals surface area contributed by atoms with Gasteiger partial charge in [0.05, 0.1) is 0 Å². The Kier molecular flexibility index (Phi) is 5.21. The molecule has 26 heavy (non-hydrogen) atoms. The molecule has 0 saturated carbocycles. The van der Waals surface area contributed by atoms with Gasteiger partial charge in [0, 0.05) is 37.1 Å². The maximum absolute atomic E-state index is 12.6. The van der Waals surface area contributed by atoms with Crippen molar-refractivity contribution < 1.29 is 13.7 Å². The number of amides is 1. The normalized spacial score (nSPS) is 11.1. The Morgan fingerprint density at radius 1 is 1.15 bits per heavy atom. The lowest BCUT2D eigenvalue weighted by molar-refractivity contribution is 0.0796. The average Bonchev–Trinajstić information content (AvgIpc) is 3.28. The molecule has 0 spiro atoms. The number of carbonyl (C=O) groups excluding carboxylic acids is 1. The Morgan fingerprint density at radius 2 is 1.88 bits per heavy atom. The Morgan fingerprint density at radius 3 is 2.46 bits per heavy atom. The molecular weight excluding hydrogens is 330 g/mol. The third-order valence-electron chi connectivity index (χ3n) is 4.15. The van der Waals surface area contributed by atoms with E-state index in [2.05, 4.69) is 10.1 Å². The van der Waals surface area contributed by atoms with Crippen molar-refractivity contribution in [2.45, 2.75) is 33.1 Å². The molecule has 6 heteroatoms. The average molecular weight is 353 g/mol. The number of furan rings is 1. The van der Waals surface area contributed by atoms with Gasteiger partial charge < -0.3 is 13.8 Å². The van der Waals surface area contributed by atoms with Crippen LogP contribution in [-0.4, -0.2) is 34.5 Å². The number of aromatic nitrogens is 2. The van der Waals surface area contributed by atoms with Gasteiger partial charge in [0.1, 0.15) is 11.5 Å². The highest BCUT2D eigenvalue weighted by Gasteiger charge is 2.15. The minimum Gasteiger partial charge on any atom is -0.461 e. The van der Waals surface area contributed by atoms with Crippen molar-refractivity contribution in [3.8, 4) is 11.3 Å². The second-order valence-electron chi connectivity index (χ2n) is 6.67. The number of likely N-dealkylation sites (N-methyl/N-ethyl adjacent to an activating group) is 1. The largest absolute Gasteiger partial charge is 0.461 e. The molecule has 3 aromatic rings. The van der Waals surface area contributed by atoms with E-state index in [0.29, 0.717) is 30.2 Å². The predicted octanol–water partition coefficient (Wildman–Crippen LogP) is 4.08. The van der Waals surface area contributed by atoms with Crippen LogP contribution in [0.2, 0.25) is 0 Å². The fourth-order valence-electron chi connectivity index (χ4n) is 2.56. The zero-order chi connectivity index (χ0) is 18.7. The zero-order valence-corrected chi connectivity index (χ0v) is 15.5. The van der Waals surface area contributed by atoms with Crippen LogP contribution in [0.1, 0.15) is 47.6 Å². The van der Waals surface area contributed by atoms with Crippen molar-refractivity contribution in [1.29, 1.82) is 0 Å². The molecular formula is C20H23N3O3. The van der Waals surface area contributed by atoms with Gasteiger partial charge in [-0.2, -0.15) is 4.98 Å². The number of hydrogen-bond donors (Lipinski definition) is 0. The van der Waals surface area contributed by atoms with Crippen LogP contribution >= 0.6 is 0 Å². The van der Waals surface area contributed by atoms with Crippen LogP contribution in [0.5, 0.6) is 0 Å². The highest BCUT2D eigenvalue weighted by atomic mass is 16.5. The first-order valence-electron chi connectivity index (χ1n) is 8.69. The molecule has 0 atom stereocenters. The third-order valence-corrected chi connectivity index (χ3v) is 4.15. The first-order valence-corrected chi connectivity index (χ1v) is 8.69. The molecule has 0 bridgehead atoms. The molecule has 2 heterocycles. The van der Waals surface area contributed by atoms with Crippen LogP contribution in [-0.2, 0) is 6.42 Å². The molecule has 0 unspecified atom stereocenters. The summed E-state index contributed by atoms with van der Waals surface area (Å²) >= 11 is 0. The van der Waals surface area contributed by atoms with E-state index in [-0.39, 0.29) is 11.8 Å². The Bertz CT molecular complexity index is 878. The lowest BCUT2D eigenvalue weighted by Crippen LogP contribution is -2.29. The van der Waals surface area contributed by atoms with Gasteiger partial charge >= 0.3 is 0 Å². The number of benzene rings is 1. The van der Waals surface area contributed by atoms with Gasteiger partial charge in [0.25, 0.3) is 5.91 Å². The second kappa shape index (κ2) is 7.56. The standard InChI is InChI=1S/C20H23N3O3/c1-13(2)19-21-18(22-26-19)11-12-23(4)20(24)16-8-6-15(7-9-16)17-10-5-14(3)25-17/h5-10,13H,11-12H2,1-4H3. The lowest BCUT2D eigenvalue weighted by Gasteiger charge is -2.16. The van der Waals surface area contributed by atoms with E-state index in [1.54, 1.807) is 11.9 Å². The van der Waals surface area contributed by atoms with E-state index < -0.39 is 0 Å². The first kappa shape index (κ1) is 17.9. The molecule has 0 N–H and O–H groups in total. The fraction of sp³-hybridized carbons (Fsp3) is 0.350. The van der Waals surface area contributed by atoms with Crippen molar-refractivity contribution in [3.05, 3.63) is 59.4 Å². The maximum Gasteiger partial charge on any atom is 0.253 e. The maximum atomic E-state index is 12.6. The highest BCUT2D eigenvalue weighted by Crippen LogP contribution is 2.22. The number of aryl methyl sites for hydroxylation is 1. The summed E-state index contributed by atoms with van der Waals surface area (Å²) in [6.45, 7) is 6.43. The van der Waals surface area contributed by atoms with Crippen LogP contribution < -0.4 is 0 Å². The van der Waals surface area contributed by atoms with E-state index in [1.807, 2.05) is 57.2 Å².